The number of hydrogen-bond donors (Lipinski definition) is 1. The van der Waals surface area contributed by atoms with Crippen LogP contribution in [0.3, 0.4) is 0 Å². The Balaban J connectivity index is 1.80. The summed E-state index contributed by atoms with van der Waals surface area (Å²) >= 11 is 0. The lowest BCUT2D eigenvalue weighted by Crippen LogP contribution is -2.38. The van der Waals surface area contributed by atoms with Gasteiger partial charge >= 0.3 is 5.97 Å². The second-order valence-corrected chi connectivity index (χ2v) is 8.43. The summed E-state index contributed by atoms with van der Waals surface area (Å²) in [7, 11) is 0. The molecular formula is C25H29N3O5. The molecule has 3 aromatic rings. The van der Waals surface area contributed by atoms with Crippen LogP contribution in [-0.4, -0.2) is 29.3 Å². The molecule has 1 aliphatic heterocycles. The maximum Gasteiger partial charge on any atom is 0.309 e. The molecule has 0 aliphatic carbocycles. The van der Waals surface area contributed by atoms with Crippen molar-refractivity contribution in [2.75, 3.05) is 13.2 Å². The molecule has 8 heteroatoms. The predicted octanol–water partition coefficient (Wildman–Crippen LogP) is 4.74. The van der Waals surface area contributed by atoms with Gasteiger partial charge in [-0.3, -0.25) is 4.79 Å². The van der Waals surface area contributed by atoms with Crippen molar-refractivity contribution in [3.05, 3.63) is 46.0 Å². The van der Waals surface area contributed by atoms with Crippen LogP contribution < -0.4 is 4.74 Å². The van der Waals surface area contributed by atoms with Crippen molar-refractivity contribution >= 4 is 16.9 Å². The molecule has 0 amide bonds. The van der Waals surface area contributed by atoms with Gasteiger partial charge in [0.05, 0.1) is 42.5 Å². The number of fused-ring (bicyclic) bond motifs is 3. The number of ether oxygens (including phenoxy) is 3. The van der Waals surface area contributed by atoms with Crippen LogP contribution in [0.2, 0.25) is 0 Å². The number of aromatic amines is 1. The van der Waals surface area contributed by atoms with E-state index in [0.717, 1.165) is 34.1 Å². The maximum absolute atomic E-state index is 12.5. The highest BCUT2D eigenvalue weighted by molar-refractivity contribution is 5.94. The summed E-state index contributed by atoms with van der Waals surface area (Å²) in [5.41, 5.74) is 4.03. The van der Waals surface area contributed by atoms with Crippen molar-refractivity contribution in [3.8, 4) is 11.8 Å². The number of benzene rings is 1. The van der Waals surface area contributed by atoms with E-state index in [4.69, 9.17) is 18.7 Å². The van der Waals surface area contributed by atoms with Gasteiger partial charge in [-0.05, 0) is 45.2 Å². The third-order valence-corrected chi connectivity index (χ3v) is 6.14. The fourth-order valence-electron chi connectivity index (χ4n) is 4.76. The van der Waals surface area contributed by atoms with E-state index in [-0.39, 0.29) is 19.0 Å². The molecule has 1 unspecified atom stereocenters. The van der Waals surface area contributed by atoms with Gasteiger partial charge in [-0.15, -0.1) is 0 Å². The Kier molecular flexibility index (Phi) is 6.43. The number of rotatable bonds is 8. The van der Waals surface area contributed by atoms with Gasteiger partial charge < -0.3 is 23.7 Å². The molecular weight excluding hydrogens is 422 g/mol. The van der Waals surface area contributed by atoms with E-state index in [2.05, 4.69) is 23.1 Å². The van der Waals surface area contributed by atoms with Crippen LogP contribution in [-0.2, 0) is 32.9 Å². The molecule has 2 aromatic heterocycles. The van der Waals surface area contributed by atoms with Crippen molar-refractivity contribution in [3.63, 3.8) is 0 Å². The largest absolute Gasteiger partial charge is 0.487 e. The molecule has 1 aliphatic rings. The van der Waals surface area contributed by atoms with Gasteiger partial charge in [0, 0.05) is 17.0 Å². The number of nitriles is 1. The van der Waals surface area contributed by atoms with Crippen LogP contribution in [0, 0.1) is 25.2 Å². The SMILES string of the molecule is CCCC1(CC(=O)OCC)OCCc2c1[nH]c1c(C)c(OCc3cc(C)on3)cc(C#N)c21. The van der Waals surface area contributed by atoms with Gasteiger partial charge in [0.25, 0.3) is 0 Å². The van der Waals surface area contributed by atoms with Crippen molar-refractivity contribution in [2.24, 2.45) is 0 Å². The zero-order valence-electron chi connectivity index (χ0n) is 19.5. The summed E-state index contributed by atoms with van der Waals surface area (Å²) in [6.07, 6.45) is 2.30. The smallest absolute Gasteiger partial charge is 0.309 e. The quantitative estimate of drug-likeness (QED) is 0.492. The van der Waals surface area contributed by atoms with E-state index in [1.54, 1.807) is 13.0 Å². The fourth-order valence-corrected chi connectivity index (χ4v) is 4.76. The third-order valence-electron chi connectivity index (χ3n) is 6.14. The molecule has 1 N–H and O–H groups in total. The van der Waals surface area contributed by atoms with Crippen LogP contribution in [0.1, 0.15) is 66.9 Å². The standard InChI is InChI=1S/C25H29N3O5/c1-5-8-25(12-21(29)30-6-2)24-19(7-9-32-25)22-17(13-26)11-20(16(4)23(22)27-24)31-14-18-10-15(3)33-28-18/h10-11,27H,5-9,12,14H2,1-4H3. The van der Waals surface area contributed by atoms with E-state index in [0.29, 0.717) is 48.8 Å². The number of hydrogen-bond acceptors (Lipinski definition) is 7. The highest BCUT2D eigenvalue weighted by Crippen LogP contribution is 2.45. The minimum atomic E-state index is -0.800. The van der Waals surface area contributed by atoms with E-state index in [9.17, 15) is 10.1 Å². The van der Waals surface area contributed by atoms with Gasteiger partial charge in [0.2, 0.25) is 0 Å². The molecule has 1 atom stereocenters. The molecule has 0 fully saturated rings. The van der Waals surface area contributed by atoms with Crippen molar-refractivity contribution in [1.82, 2.24) is 10.1 Å². The first-order valence-electron chi connectivity index (χ1n) is 11.4. The second-order valence-electron chi connectivity index (χ2n) is 8.43. The molecule has 0 bridgehead atoms. The number of carbonyl (C=O) groups is 1. The molecule has 0 radical (unpaired) electrons. The summed E-state index contributed by atoms with van der Waals surface area (Å²) in [6.45, 7) is 8.69. The number of H-pyrrole nitrogens is 1. The molecule has 8 nitrogen and oxygen atoms in total. The molecule has 0 saturated heterocycles. The first-order chi connectivity index (χ1) is 15.9. The van der Waals surface area contributed by atoms with Gasteiger partial charge in [-0.25, -0.2) is 0 Å². The van der Waals surface area contributed by atoms with Crippen molar-refractivity contribution in [1.29, 1.82) is 5.26 Å². The highest BCUT2D eigenvalue weighted by Gasteiger charge is 2.42. The molecule has 3 heterocycles. The van der Waals surface area contributed by atoms with E-state index in [1.807, 2.05) is 19.9 Å². The number of nitrogens with one attached hydrogen (secondary N) is 1. The van der Waals surface area contributed by atoms with Crippen LogP contribution in [0.5, 0.6) is 5.75 Å². The predicted molar refractivity (Wildman–Crippen MR) is 121 cm³/mol. The normalized spacial score (nSPS) is 17.5. The molecule has 0 saturated carbocycles. The number of carbonyl (C=O) groups excluding carboxylic acids is 1. The highest BCUT2D eigenvalue weighted by atomic mass is 16.5. The Bertz CT molecular complexity index is 1220. The van der Waals surface area contributed by atoms with Crippen LogP contribution in [0.4, 0.5) is 0 Å². The molecule has 174 valence electrons. The van der Waals surface area contributed by atoms with Gasteiger partial charge in [0.15, 0.2) is 0 Å². The minimum Gasteiger partial charge on any atom is -0.487 e. The Morgan fingerprint density at radius 2 is 2.15 bits per heavy atom. The molecule has 4 rings (SSSR count). The van der Waals surface area contributed by atoms with Crippen LogP contribution in [0.25, 0.3) is 10.9 Å². The zero-order valence-corrected chi connectivity index (χ0v) is 19.5. The summed E-state index contributed by atoms with van der Waals surface area (Å²) in [6, 6.07) is 5.93. The lowest BCUT2D eigenvalue weighted by Gasteiger charge is -2.36. The lowest BCUT2D eigenvalue weighted by molar-refractivity contribution is -0.155. The average Bonchev–Trinajstić information content (AvgIpc) is 3.39. The summed E-state index contributed by atoms with van der Waals surface area (Å²) in [4.78, 5) is 16.0. The summed E-state index contributed by atoms with van der Waals surface area (Å²) < 4.78 is 22.6. The van der Waals surface area contributed by atoms with Gasteiger partial charge in [-0.2, -0.15) is 5.26 Å². The Morgan fingerprint density at radius 1 is 1.33 bits per heavy atom. The number of nitrogens with zero attached hydrogens (tertiary/aromatic N) is 2. The van der Waals surface area contributed by atoms with E-state index >= 15 is 0 Å². The summed E-state index contributed by atoms with van der Waals surface area (Å²) in [5.74, 6) is 1.02. The van der Waals surface area contributed by atoms with Crippen molar-refractivity contribution < 1.29 is 23.5 Å². The second kappa shape index (κ2) is 9.28. The number of aromatic nitrogens is 2. The third kappa shape index (κ3) is 4.21. The number of esters is 1. The first kappa shape index (κ1) is 22.9. The van der Waals surface area contributed by atoms with E-state index in [1.165, 1.54) is 0 Å². The van der Waals surface area contributed by atoms with Gasteiger partial charge in [-0.1, -0.05) is 18.5 Å². The molecule has 33 heavy (non-hydrogen) atoms. The lowest BCUT2D eigenvalue weighted by atomic mass is 9.84. The molecule has 1 aromatic carbocycles. The Labute approximate surface area is 192 Å². The molecule has 0 spiro atoms. The van der Waals surface area contributed by atoms with Gasteiger partial charge in [0.1, 0.15) is 29.4 Å². The number of aryl methyl sites for hydroxylation is 2. The van der Waals surface area contributed by atoms with Crippen LogP contribution >= 0.6 is 0 Å². The van der Waals surface area contributed by atoms with Crippen molar-refractivity contribution in [2.45, 2.75) is 65.6 Å². The minimum absolute atomic E-state index is 0.129. The first-order valence-corrected chi connectivity index (χ1v) is 11.4. The Morgan fingerprint density at radius 3 is 2.82 bits per heavy atom. The monoisotopic (exact) mass is 451 g/mol. The van der Waals surface area contributed by atoms with Crippen LogP contribution in [0.15, 0.2) is 16.7 Å². The maximum atomic E-state index is 12.5. The fraction of sp³-hybridized carbons (Fsp3) is 0.480. The summed E-state index contributed by atoms with van der Waals surface area (Å²) in [5, 5.41) is 14.8. The Hall–Kier alpha value is -3.31. The average molecular weight is 452 g/mol. The topological polar surface area (TPSA) is 110 Å². The van der Waals surface area contributed by atoms with E-state index < -0.39 is 5.60 Å². The zero-order chi connectivity index (χ0) is 23.6.